The first-order valence-electron chi connectivity index (χ1n) is 5.63. The minimum absolute atomic E-state index is 0.0764. The molecule has 1 aromatic rings. The van der Waals surface area contributed by atoms with Crippen LogP contribution in [0.15, 0.2) is 24.3 Å². The fourth-order valence-corrected chi connectivity index (χ4v) is 4.09. The lowest BCUT2D eigenvalue weighted by atomic mass is 9.96. The Balaban J connectivity index is 2.00. The topological polar surface area (TPSA) is 74.6 Å². The number of phenols is 1. The maximum absolute atomic E-state index is 11.3. The van der Waals surface area contributed by atoms with E-state index in [1.165, 1.54) is 0 Å². The van der Waals surface area contributed by atoms with Crippen molar-refractivity contribution in [2.75, 3.05) is 11.5 Å². The number of sulfone groups is 1. The molecule has 0 amide bonds. The molecule has 1 aliphatic heterocycles. The summed E-state index contributed by atoms with van der Waals surface area (Å²) in [5, 5.41) is 19.3. The van der Waals surface area contributed by atoms with Crippen molar-refractivity contribution in [2.24, 2.45) is 5.92 Å². The van der Waals surface area contributed by atoms with Crippen molar-refractivity contribution in [1.29, 1.82) is 0 Å². The molecule has 5 heteroatoms. The van der Waals surface area contributed by atoms with Crippen LogP contribution in [-0.2, 0) is 16.3 Å². The van der Waals surface area contributed by atoms with Gasteiger partial charge in [0.1, 0.15) is 5.75 Å². The molecule has 17 heavy (non-hydrogen) atoms. The minimum atomic E-state index is -2.95. The number of aromatic hydroxyl groups is 1. The SMILES string of the molecule is O=S1(=O)CCC(C(O)Cc2cccc(O)c2)C1. The smallest absolute Gasteiger partial charge is 0.150 e. The second kappa shape index (κ2) is 4.66. The third-order valence-corrected chi connectivity index (χ3v) is 4.96. The van der Waals surface area contributed by atoms with E-state index in [9.17, 15) is 18.6 Å². The van der Waals surface area contributed by atoms with E-state index < -0.39 is 15.9 Å². The molecule has 0 aliphatic carbocycles. The summed E-state index contributed by atoms with van der Waals surface area (Å²) in [6, 6.07) is 6.68. The second-order valence-electron chi connectivity index (χ2n) is 4.60. The largest absolute Gasteiger partial charge is 0.508 e. The molecule has 2 unspecified atom stereocenters. The summed E-state index contributed by atoms with van der Waals surface area (Å²) in [6.45, 7) is 0. The van der Waals surface area contributed by atoms with Crippen LogP contribution in [0.4, 0.5) is 0 Å². The van der Waals surface area contributed by atoms with Gasteiger partial charge < -0.3 is 10.2 Å². The summed E-state index contributed by atoms with van der Waals surface area (Å²) >= 11 is 0. The molecular formula is C12H16O4S. The van der Waals surface area contributed by atoms with Crippen LogP contribution in [0.2, 0.25) is 0 Å². The van der Waals surface area contributed by atoms with Gasteiger partial charge in [-0.15, -0.1) is 0 Å². The first-order valence-corrected chi connectivity index (χ1v) is 7.45. The zero-order valence-electron chi connectivity index (χ0n) is 9.41. The second-order valence-corrected chi connectivity index (χ2v) is 6.83. The fraction of sp³-hybridized carbons (Fsp3) is 0.500. The van der Waals surface area contributed by atoms with Gasteiger partial charge in [0, 0.05) is 5.92 Å². The average Bonchev–Trinajstić information content (AvgIpc) is 2.59. The molecule has 1 fully saturated rings. The van der Waals surface area contributed by atoms with E-state index in [4.69, 9.17) is 0 Å². The summed E-state index contributed by atoms with van der Waals surface area (Å²) in [5.74, 6) is 0.234. The molecule has 0 saturated carbocycles. The normalized spacial score (nSPS) is 24.6. The molecule has 2 N–H and O–H groups in total. The minimum Gasteiger partial charge on any atom is -0.508 e. The highest BCUT2D eigenvalue weighted by Gasteiger charge is 2.32. The molecule has 0 spiro atoms. The molecule has 0 radical (unpaired) electrons. The van der Waals surface area contributed by atoms with Crippen LogP contribution in [0.1, 0.15) is 12.0 Å². The summed E-state index contributed by atoms with van der Waals surface area (Å²) in [6.07, 6.45) is 0.255. The molecule has 2 rings (SSSR count). The van der Waals surface area contributed by atoms with Crippen molar-refractivity contribution in [3.63, 3.8) is 0 Å². The van der Waals surface area contributed by atoms with Gasteiger partial charge in [-0.3, -0.25) is 0 Å². The molecule has 94 valence electrons. The molecule has 1 saturated heterocycles. The monoisotopic (exact) mass is 256 g/mol. The van der Waals surface area contributed by atoms with Crippen LogP contribution in [0.25, 0.3) is 0 Å². The van der Waals surface area contributed by atoms with E-state index in [1.54, 1.807) is 18.2 Å². The van der Waals surface area contributed by atoms with E-state index >= 15 is 0 Å². The van der Waals surface area contributed by atoms with E-state index in [2.05, 4.69) is 0 Å². The van der Waals surface area contributed by atoms with Crippen LogP contribution in [-0.4, -0.2) is 36.2 Å². The van der Waals surface area contributed by atoms with Gasteiger partial charge in [-0.25, -0.2) is 8.42 Å². The van der Waals surface area contributed by atoms with Gasteiger partial charge >= 0.3 is 0 Å². The number of aliphatic hydroxyl groups is 1. The van der Waals surface area contributed by atoms with E-state index in [-0.39, 0.29) is 23.2 Å². The van der Waals surface area contributed by atoms with Crippen LogP contribution < -0.4 is 0 Å². The number of benzene rings is 1. The summed E-state index contributed by atoms with van der Waals surface area (Å²) in [5.41, 5.74) is 0.821. The number of phenolic OH excluding ortho intramolecular Hbond substituents is 1. The van der Waals surface area contributed by atoms with Crippen LogP contribution in [0, 0.1) is 5.92 Å². The Hall–Kier alpha value is -1.07. The Bertz CT molecular complexity index is 495. The molecule has 0 bridgehead atoms. The maximum Gasteiger partial charge on any atom is 0.150 e. The Morgan fingerprint density at radius 1 is 1.41 bits per heavy atom. The summed E-state index contributed by atoms with van der Waals surface area (Å²) in [7, 11) is -2.95. The van der Waals surface area contributed by atoms with Crippen molar-refractivity contribution < 1.29 is 18.6 Å². The lowest BCUT2D eigenvalue weighted by Gasteiger charge is -2.16. The van der Waals surface area contributed by atoms with Crippen molar-refractivity contribution in [3.05, 3.63) is 29.8 Å². The number of rotatable bonds is 3. The summed E-state index contributed by atoms with van der Waals surface area (Å²) in [4.78, 5) is 0. The predicted molar refractivity (Wildman–Crippen MR) is 64.6 cm³/mol. The highest BCUT2D eigenvalue weighted by atomic mass is 32.2. The maximum atomic E-state index is 11.3. The zero-order chi connectivity index (χ0) is 12.5. The highest BCUT2D eigenvalue weighted by molar-refractivity contribution is 7.91. The lowest BCUT2D eigenvalue weighted by molar-refractivity contribution is 0.120. The fourth-order valence-electron chi connectivity index (χ4n) is 2.22. The molecule has 1 aromatic carbocycles. The first-order chi connectivity index (χ1) is 7.96. The van der Waals surface area contributed by atoms with E-state index in [0.717, 1.165) is 5.56 Å². The van der Waals surface area contributed by atoms with Gasteiger partial charge in [0.25, 0.3) is 0 Å². The van der Waals surface area contributed by atoms with Crippen LogP contribution in [0.3, 0.4) is 0 Å². The van der Waals surface area contributed by atoms with E-state index in [1.807, 2.05) is 6.07 Å². The average molecular weight is 256 g/mol. The van der Waals surface area contributed by atoms with Gasteiger partial charge in [-0.2, -0.15) is 0 Å². The van der Waals surface area contributed by atoms with Crippen LogP contribution >= 0.6 is 0 Å². The van der Waals surface area contributed by atoms with Crippen molar-refractivity contribution in [1.82, 2.24) is 0 Å². The molecule has 2 atom stereocenters. The van der Waals surface area contributed by atoms with Gasteiger partial charge in [-0.1, -0.05) is 12.1 Å². The van der Waals surface area contributed by atoms with Crippen LogP contribution in [0.5, 0.6) is 5.75 Å². The quantitative estimate of drug-likeness (QED) is 0.836. The number of aliphatic hydroxyl groups excluding tert-OH is 1. The molecule has 1 aliphatic rings. The zero-order valence-corrected chi connectivity index (χ0v) is 10.2. The van der Waals surface area contributed by atoms with Gasteiger partial charge in [0.15, 0.2) is 9.84 Å². The van der Waals surface area contributed by atoms with Crippen molar-refractivity contribution in [3.8, 4) is 5.75 Å². The predicted octanol–water partition coefficient (Wildman–Crippen LogP) is 0.730. The third-order valence-electron chi connectivity index (χ3n) is 3.17. The highest BCUT2D eigenvalue weighted by Crippen LogP contribution is 2.24. The molecule has 4 nitrogen and oxygen atoms in total. The first kappa shape index (κ1) is 12.4. The summed E-state index contributed by atoms with van der Waals surface area (Å²) < 4.78 is 22.6. The van der Waals surface area contributed by atoms with Gasteiger partial charge in [-0.05, 0) is 30.5 Å². The molecule has 1 heterocycles. The molecule has 0 aromatic heterocycles. The molecular weight excluding hydrogens is 240 g/mol. The van der Waals surface area contributed by atoms with Crippen molar-refractivity contribution >= 4 is 9.84 Å². The Labute approximate surface area is 101 Å². The number of hydrogen-bond donors (Lipinski definition) is 2. The van der Waals surface area contributed by atoms with Crippen molar-refractivity contribution in [2.45, 2.75) is 18.9 Å². The Kier molecular flexibility index (Phi) is 3.40. The Morgan fingerprint density at radius 3 is 2.76 bits per heavy atom. The van der Waals surface area contributed by atoms with Gasteiger partial charge in [0.05, 0.1) is 17.6 Å². The standard InChI is InChI=1S/C12H16O4S/c13-11-3-1-2-9(6-11)7-12(14)10-4-5-17(15,16)8-10/h1-3,6,10,12-14H,4-5,7-8H2. The van der Waals surface area contributed by atoms with E-state index in [0.29, 0.717) is 12.8 Å². The lowest BCUT2D eigenvalue weighted by Crippen LogP contribution is -2.23. The Morgan fingerprint density at radius 2 is 2.18 bits per heavy atom. The number of hydrogen-bond acceptors (Lipinski definition) is 4. The third kappa shape index (κ3) is 3.20. The van der Waals surface area contributed by atoms with Gasteiger partial charge in [0.2, 0.25) is 0 Å².